The van der Waals surface area contributed by atoms with Gasteiger partial charge in [0.05, 0.1) is 13.2 Å². The molecule has 24 heavy (non-hydrogen) atoms. The van der Waals surface area contributed by atoms with Crippen LogP contribution in [0.1, 0.15) is 33.0 Å². The van der Waals surface area contributed by atoms with Gasteiger partial charge in [-0.05, 0) is 28.8 Å². The Kier molecular flexibility index (Phi) is 4.90. The Labute approximate surface area is 148 Å². The molecular weight excluding hydrogens is 324 g/mol. The normalized spacial score (nSPS) is 22.1. The van der Waals surface area contributed by atoms with Gasteiger partial charge in [0.25, 0.3) is 5.91 Å². The number of likely N-dealkylation sites (tertiary alicyclic amines) is 1. The summed E-state index contributed by atoms with van der Waals surface area (Å²) < 4.78 is 5.42. The second-order valence-electron chi connectivity index (χ2n) is 6.37. The summed E-state index contributed by atoms with van der Waals surface area (Å²) in [5.41, 5.74) is 10.5. The molecular formula is C19H21ClN2O2. The second-order valence-corrected chi connectivity index (χ2v) is 6.37. The second kappa shape index (κ2) is 6.93. The minimum atomic E-state index is -0.0147. The van der Waals surface area contributed by atoms with E-state index in [1.807, 2.05) is 41.3 Å². The molecule has 0 saturated carbocycles. The zero-order chi connectivity index (χ0) is 15.8. The average molecular weight is 345 g/mol. The van der Waals surface area contributed by atoms with Gasteiger partial charge in [-0.25, -0.2) is 0 Å². The minimum Gasteiger partial charge on any atom is -0.372 e. The molecule has 4 nitrogen and oxygen atoms in total. The van der Waals surface area contributed by atoms with Crippen LogP contribution in [0, 0.1) is 0 Å². The molecule has 4 rings (SSSR count). The molecule has 2 aliphatic rings. The monoisotopic (exact) mass is 344 g/mol. The third-order valence-corrected chi connectivity index (χ3v) is 4.85. The zero-order valence-electron chi connectivity index (χ0n) is 13.4. The van der Waals surface area contributed by atoms with Crippen LogP contribution in [-0.4, -0.2) is 29.9 Å². The molecule has 1 fully saturated rings. The Hall–Kier alpha value is -1.88. The highest BCUT2D eigenvalue weighted by Crippen LogP contribution is 2.28. The van der Waals surface area contributed by atoms with E-state index in [2.05, 4.69) is 12.1 Å². The highest BCUT2D eigenvalue weighted by atomic mass is 35.5. The van der Waals surface area contributed by atoms with E-state index in [0.717, 1.165) is 11.1 Å². The molecule has 2 aliphatic heterocycles. The molecule has 126 valence electrons. The van der Waals surface area contributed by atoms with Crippen LogP contribution < -0.4 is 5.73 Å². The Morgan fingerprint density at radius 3 is 2.58 bits per heavy atom. The van der Waals surface area contributed by atoms with Crippen molar-refractivity contribution >= 4 is 18.3 Å². The van der Waals surface area contributed by atoms with Gasteiger partial charge in [-0.1, -0.05) is 36.4 Å². The lowest BCUT2D eigenvalue weighted by atomic mass is 9.95. The third-order valence-electron chi connectivity index (χ3n) is 4.85. The maximum absolute atomic E-state index is 12.8. The molecule has 1 saturated heterocycles. The van der Waals surface area contributed by atoms with Crippen molar-refractivity contribution < 1.29 is 9.53 Å². The summed E-state index contributed by atoms with van der Waals surface area (Å²) in [5, 5.41) is 0. The maximum Gasteiger partial charge on any atom is 0.253 e. The molecule has 2 aromatic rings. The molecule has 0 aromatic heterocycles. The number of rotatable bonds is 2. The highest BCUT2D eigenvalue weighted by Gasteiger charge is 2.34. The van der Waals surface area contributed by atoms with Crippen LogP contribution in [0.2, 0.25) is 0 Å². The molecule has 0 unspecified atom stereocenters. The molecule has 2 atom stereocenters. The summed E-state index contributed by atoms with van der Waals surface area (Å²) in [6.07, 6.45) is 0. The highest BCUT2D eigenvalue weighted by molar-refractivity contribution is 5.94. The van der Waals surface area contributed by atoms with Crippen molar-refractivity contribution in [3.05, 3.63) is 70.8 Å². The van der Waals surface area contributed by atoms with Crippen LogP contribution in [-0.2, 0) is 18.0 Å². The number of benzene rings is 2. The number of amides is 1. The summed E-state index contributed by atoms with van der Waals surface area (Å²) in [7, 11) is 0. The van der Waals surface area contributed by atoms with E-state index in [1.54, 1.807) is 0 Å². The number of fused-ring (bicyclic) bond motifs is 1. The number of hydrogen-bond acceptors (Lipinski definition) is 3. The fourth-order valence-electron chi connectivity index (χ4n) is 3.54. The van der Waals surface area contributed by atoms with Crippen molar-refractivity contribution in [2.45, 2.75) is 25.2 Å². The maximum atomic E-state index is 12.8. The van der Waals surface area contributed by atoms with E-state index in [1.165, 1.54) is 11.1 Å². The first-order valence-electron chi connectivity index (χ1n) is 8.02. The molecule has 5 heteroatoms. The molecule has 2 aromatic carbocycles. The van der Waals surface area contributed by atoms with Gasteiger partial charge in [-0.2, -0.15) is 0 Å². The number of nitrogens with zero attached hydrogens (tertiary/aromatic N) is 1. The lowest BCUT2D eigenvalue weighted by Crippen LogP contribution is -2.32. The fraction of sp³-hybridized carbons (Fsp3) is 0.316. The quantitative estimate of drug-likeness (QED) is 0.911. The summed E-state index contributed by atoms with van der Waals surface area (Å²) in [5.74, 6) is 0.270. The van der Waals surface area contributed by atoms with Crippen molar-refractivity contribution in [1.29, 1.82) is 0 Å². The van der Waals surface area contributed by atoms with Crippen LogP contribution >= 0.6 is 12.4 Å². The number of ether oxygens (including phenoxy) is 1. The number of carbonyl (C=O) groups is 1. The van der Waals surface area contributed by atoms with E-state index in [-0.39, 0.29) is 30.3 Å². The Morgan fingerprint density at radius 2 is 1.79 bits per heavy atom. The topological polar surface area (TPSA) is 55.6 Å². The van der Waals surface area contributed by atoms with Crippen LogP contribution in [0.25, 0.3) is 0 Å². The Balaban J connectivity index is 0.00000169. The number of halogens is 1. The predicted molar refractivity (Wildman–Crippen MR) is 95.2 cm³/mol. The van der Waals surface area contributed by atoms with Crippen molar-refractivity contribution in [3.63, 3.8) is 0 Å². The van der Waals surface area contributed by atoms with Crippen LogP contribution in [0.4, 0.5) is 0 Å². The van der Waals surface area contributed by atoms with E-state index in [9.17, 15) is 4.79 Å². The lowest BCUT2D eigenvalue weighted by Gasteiger charge is -2.17. The predicted octanol–water partition coefficient (Wildman–Crippen LogP) is 2.71. The zero-order valence-corrected chi connectivity index (χ0v) is 14.2. The van der Waals surface area contributed by atoms with E-state index in [4.69, 9.17) is 10.5 Å². The van der Waals surface area contributed by atoms with Gasteiger partial charge in [0.15, 0.2) is 0 Å². The SMILES string of the molecule is Cl.N[C@@H]1CN(C(=O)c2ccc3c(c2)COC3)C[C@H]1c1ccccc1. The lowest BCUT2D eigenvalue weighted by molar-refractivity contribution is 0.0789. The Bertz CT molecular complexity index is 735. The Morgan fingerprint density at radius 1 is 1.04 bits per heavy atom. The smallest absolute Gasteiger partial charge is 0.253 e. The van der Waals surface area contributed by atoms with Gasteiger partial charge >= 0.3 is 0 Å². The molecule has 0 bridgehead atoms. The number of nitrogens with two attached hydrogens (primary N) is 1. The van der Waals surface area contributed by atoms with Crippen LogP contribution in [0.5, 0.6) is 0 Å². The molecule has 0 radical (unpaired) electrons. The van der Waals surface area contributed by atoms with Gasteiger partial charge in [0.2, 0.25) is 0 Å². The minimum absolute atomic E-state index is 0. The molecule has 0 spiro atoms. The van der Waals surface area contributed by atoms with Gasteiger partial charge in [-0.15, -0.1) is 12.4 Å². The van der Waals surface area contributed by atoms with Gasteiger partial charge in [-0.3, -0.25) is 4.79 Å². The van der Waals surface area contributed by atoms with Gasteiger partial charge in [0, 0.05) is 30.6 Å². The summed E-state index contributed by atoms with van der Waals surface area (Å²) in [4.78, 5) is 14.7. The first kappa shape index (κ1) is 17.0. The summed E-state index contributed by atoms with van der Waals surface area (Å²) in [6, 6.07) is 16.1. The largest absolute Gasteiger partial charge is 0.372 e. The van der Waals surface area contributed by atoms with E-state index >= 15 is 0 Å². The number of carbonyl (C=O) groups excluding carboxylic acids is 1. The summed E-state index contributed by atoms with van der Waals surface area (Å²) in [6.45, 7) is 2.53. The molecule has 1 amide bonds. The standard InChI is InChI=1S/C19H20N2O2.ClH/c20-18-10-21(9-17(18)13-4-2-1-3-5-13)19(22)14-6-7-15-11-23-12-16(15)8-14;/h1-8,17-18H,9-12,20H2;1H/t17-,18+;/m0./s1. The van der Waals surface area contributed by atoms with Gasteiger partial charge in [0.1, 0.15) is 0 Å². The van der Waals surface area contributed by atoms with Crippen molar-refractivity contribution in [2.24, 2.45) is 5.73 Å². The third kappa shape index (κ3) is 3.05. The first-order chi connectivity index (χ1) is 11.2. The molecule has 2 N–H and O–H groups in total. The molecule has 2 heterocycles. The fourth-order valence-corrected chi connectivity index (χ4v) is 3.54. The van der Waals surface area contributed by atoms with Crippen molar-refractivity contribution in [1.82, 2.24) is 4.90 Å². The van der Waals surface area contributed by atoms with Crippen LogP contribution in [0.15, 0.2) is 48.5 Å². The first-order valence-corrected chi connectivity index (χ1v) is 8.02. The van der Waals surface area contributed by atoms with Crippen molar-refractivity contribution in [2.75, 3.05) is 13.1 Å². The van der Waals surface area contributed by atoms with E-state index in [0.29, 0.717) is 26.3 Å². The van der Waals surface area contributed by atoms with Crippen LogP contribution in [0.3, 0.4) is 0 Å². The summed E-state index contributed by atoms with van der Waals surface area (Å²) >= 11 is 0. The molecule has 0 aliphatic carbocycles. The van der Waals surface area contributed by atoms with E-state index < -0.39 is 0 Å². The van der Waals surface area contributed by atoms with Crippen molar-refractivity contribution in [3.8, 4) is 0 Å². The average Bonchev–Trinajstić information content (AvgIpc) is 3.20. The van der Waals surface area contributed by atoms with Gasteiger partial charge < -0.3 is 15.4 Å². The number of hydrogen-bond donors (Lipinski definition) is 1.